The Balaban J connectivity index is 2.27. The third kappa shape index (κ3) is 1.46. The van der Waals surface area contributed by atoms with Crippen LogP contribution in [0.1, 0.15) is 17.5 Å². The van der Waals surface area contributed by atoms with Crippen molar-refractivity contribution >= 4 is 0 Å². The van der Waals surface area contributed by atoms with Gasteiger partial charge in [-0.3, -0.25) is 0 Å². The highest BCUT2D eigenvalue weighted by Crippen LogP contribution is 2.31. The van der Waals surface area contributed by atoms with Crippen molar-refractivity contribution < 1.29 is 0 Å². The maximum absolute atomic E-state index is 2.26. The first kappa shape index (κ1) is 8.72. The van der Waals surface area contributed by atoms with Gasteiger partial charge in [-0.15, -0.1) is 0 Å². The average molecular weight is 194 g/mol. The van der Waals surface area contributed by atoms with Gasteiger partial charge >= 0.3 is 0 Å². The topological polar surface area (TPSA) is 0 Å². The minimum absolute atomic E-state index is 1.21. The normalized spacial score (nSPS) is 13.9. The number of rotatable bonds is 0. The molecule has 0 amide bonds. The van der Waals surface area contributed by atoms with E-state index in [1.807, 2.05) is 0 Å². The quantitative estimate of drug-likeness (QED) is 0.597. The summed E-state index contributed by atoms with van der Waals surface area (Å²) in [5, 5.41) is 0. The van der Waals surface area contributed by atoms with Gasteiger partial charge < -0.3 is 0 Å². The summed E-state index contributed by atoms with van der Waals surface area (Å²) in [6.45, 7) is 0. The zero-order valence-electron chi connectivity index (χ0n) is 8.74. The van der Waals surface area contributed by atoms with E-state index in [2.05, 4.69) is 48.5 Å². The van der Waals surface area contributed by atoms with E-state index in [0.717, 1.165) is 0 Å². The second-order valence-corrected chi connectivity index (χ2v) is 4.17. The lowest BCUT2D eigenvalue weighted by Crippen LogP contribution is -1.86. The Bertz CT molecular complexity index is 437. The van der Waals surface area contributed by atoms with Gasteiger partial charge in [0.1, 0.15) is 0 Å². The van der Waals surface area contributed by atoms with Gasteiger partial charge in [0.05, 0.1) is 0 Å². The molecule has 2 aromatic rings. The Morgan fingerprint density at radius 1 is 0.600 bits per heavy atom. The number of hydrogen-bond acceptors (Lipinski definition) is 0. The lowest BCUT2D eigenvalue weighted by molar-refractivity contribution is 0.835. The van der Waals surface area contributed by atoms with Gasteiger partial charge in [-0.1, -0.05) is 48.5 Å². The minimum atomic E-state index is 1.21. The second kappa shape index (κ2) is 3.54. The van der Waals surface area contributed by atoms with Crippen molar-refractivity contribution in [1.82, 2.24) is 0 Å². The van der Waals surface area contributed by atoms with Crippen molar-refractivity contribution in [2.45, 2.75) is 19.3 Å². The molecule has 0 saturated carbocycles. The highest BCUT2D eigenvalue weighted by molar-refractivity contribution is 5.71. The molecule has 2 aromatic carbocycles. The molecule has 0 nitrogen and oxygen atoms in total. The van der Waals surface area contributed by atoms with E-state index in [9.17, 15) is 0 Å². The highest BCUT2D eigenvalue weighted by Gasteiger charge is 2.12. The maximum atomic E-state index is 2.26. The number of aryl methyl sites for hydroxylation is 2. The van der Waals surface area contributed by atoms with Gasteiger partial charge in [0.15, 0.2) is 0 Å². The van der Waals surface area contributed by atoms with Crippen LogP contribution in [0.2, 0.25) is 0 Å². The smallest absolute Gasteiger partial charge is 0.0149 e. The van der Waals surface area contributed by atoms with Crippen LogP contribution in [0.3, 0.4) is 0 Å². The zero-order chi connectivity index (χ0) is 10.1. The summed E-state index contributed by atoms with van der Waals surface area (Å²) in [6.07, 6.45) is 3.70. The van der Waals surface area contributed by atoms with Gasteiger partial charge in [-0.05, 0) is 41.5 Å². The molecule has 0 aromatic heterocycles. The lowest BCUT2D eigenvalue weighted by atomic mass is 9.97. The third-order valence-corrected chi connectivity index (χ3v) is 3.22. The fraction of sp³-hybridized carbons (Fsp3) is 0.200. The van der Waals surface area contributed by atoms with E-state index in [0.29, 0.717) is 0 Å². The highest BCUT2D eigenvalue weighted by atomic mass is 14.2. The summed E-state index contributed by atoms with van der Waals surface area (Å²) < 4.78 is 0. The van der Waals surface area contributed by atoms with Crippen LogP contribution >= 0.6 is 0 Å². The Hall–Kier alpha value is -1.56. The van der Waals surface area contributed by atoms with E-state index in [-0.39, 0.29) is 0 Å². The van der Waals surface area contributed by atoms with Crippen LogP contribution < -0.4 is 0 Å². The van der Waals surface area contributed by atoms with Crippen LogP contribution in [0.15, 0.2) is 48.5 Å². The molecule has 0 radical (unpaired) electrons. The van der Waals surface area contributed by atoms with Gasteiger partial charge in [-0.25, -0.2) is 0 Å². The largest absolute Gasteiger partial charge is 0.0620 e. The number of fused-ring (bicyclic) bond motifs is 3. The molecule has 74 valence electrons. The van der Waals surface area contributed by atoms with E-state index in [1.54, 1.807) is 0 Å². The van der Waals surface area contributed by atoms with Crippen molar-refractivity contribution in [2.24, 2.45) is 0 Å². The molecule has 0 unspecified atom stereocenters. The van der Waals surface area contributed by atoms with Crippen molar-refractivity contribution in [2.75, 3.05) is 0 Å². The molecule has 0 spiro atoms. The molecule has 3 rings (SSSR count). The molecule has 0 fully saturated rings. The molecule has 0 heteroatoms. The summed E-state index contributed by atoms with van der Waals surface area (Å²) in [5.41, 5.74) is 5.88. The van der Waals surface area contributed by atoms with Crippen molar-refractivity contribution in [3.05, 3.63) is 59.7 Å². The summed E-state index contributed by atoms with van der Waals surface area (Å²) in [7, 11) is 0. The van der Waals surface area contributed by atoms with E-state index in [1.165, 1.54) is 41.5 Å². The molecule has 0 heterocycles. The van der Waals surface area contributed by atoms with Crippen LogP contribution in [0.4, 0.5) is 0 Å². The zero-order valence-corrected chi connectivity index (χ0v) is 8.74. The fourth-order valence-electron chi connectivity index (χ4n) is 2.47. The first-order valence-electron chi connectivity index (χ1n) is 5.61. The van der Waals surface area contributed by atoms with Crippen molar-refractivity contribution in [1.29, 1.82) is 0 Å². The summed E-state index contributed by atoms with van der Waals surface area (Å²) in [6, 6.07) is 17.6. The molecule has 0 saturated heterocycles. The Kier molecular flexibility index (Phi) is 2.06. The average Bonchev–Trinajstić information content (AvgIpc) is 2.48. The first-order valence-corrected chi connectivity index (χ1v) is 5.61. The SMILES string of the molecule is c1ccc2c(c1)CCCc1ccccc1-2. The van der Waals surface area contributed by atoms with E-state index < -0.39 is 0 Å². The maximum Gasteiger partial charge on any atom is -0.0149 e. The third-order valence-electron chi connectivity index (χ3n) is 3.22. The Labute approximate surface area is 90.6 Å². The van der Waals surface area contributed by atoms with E-state index >= 15 is 0 Å². The molecule has 0 N–H and O–H groups in total. The molecule has 0 atom stereocenters. The summed E-state index contributed by atoms with van der Waals surface area (Å²) >= 11 is 0. The molecule has 1 aliphatic carbocycles. The van der Waals surface area contributed by atoms with Crippen LogP contribution in [0.25, 0.3) is 11.1 Å². The predicted octanol–water partition coefficient (Wildman–Crippen LogP) is 3.84. The Morgan fingerprint density at radius 3 is 1.60 bits per heavy atom. The molecular formula is C15H14. The summed E-state index contributed by atoms with van der Waals surface area (Å²) in [5.74, 6) is 0. The van der Waals surface area contributed by atoms with Gasteiger partial charge in [0.25, 0.3) is 0 Å². The Morgan fingerprint density at radius 2 is 1.07 bits per heavy atom. The summed E-state index contributed by atoms with van der Waals surface area (Å²) in [4.78, 5) is 0. The monoisotopic (exact) mass is 194 g/mol. The molecular weight excluding hydrogens is 180 g/mol. The van der Waals surface area contributed by atoms with Crippen molar-refractivity contribution in [3.63, 3.8) is 0 Å². The molecule has 0 aliphatic heterocycles. The predicted molar refractivity (Wildman–Crippen MR) is 63.9 cm³/mol. The minimum Gasteiger partial charge on any atom is -0.0620 e. The van der Waals surface area contributed by atoms with Crippen LogP contribution in [-0.2, 0) is 12.8 Å². The van der Waals surface area contributed by atoms with Gasteiger partial charge in [-0.2, -0.15) is 0 Å². The lowest BCUT2D eigenvalue weighted by Gasteiger charge is -2.08. The van der Waals surface area contributed by atoms with Crippen LogP contribution in [0.5, 0.6) is 0 Å². The molecule has 0 bridgehead atoms. The fourth-order valence-corrected chi connectivity index (χ4v) is 2.47. The molecule has 1 aliphatic rings. The van der Waals surface area contributed by atoms with E-state index in [4.69, 9.17) is 0 Å². The second-order valence-electron chi connectivity index (χ2n) is 4.17. The number of benzene rings is 2. The van der Waals surface area contributed by atoms with Crippen molar-refractivity contribution in [3.8, 4) is 11.1 Å². The van der Waals surface area contributed by atoms with Crippen LogP contribution in [0, 0.1) is 0 Å². The standard InChI is InChI=1S/C15H14/c1-3-10-14-12(6-1)8-5-9-13-7-2-4-11-15(13)14/h1-4,6-7,10-11H,5,8-9H2. The molecule has 15 heavy (non-hydrogen) atoms. The number of hydrogen-bond donors (Lipinski definition) is 0. The van der Waals surface area contributed by atoms with Crippen LogP contribution in [-0.4, -0.2) is 0 Å². The van der Waals surface area contributed by atoms with Gasteiger partial charge in [0, 0.05) is 0 Å². The first-order chi connectivity index (χ1) is 7.45. The van der Waals surface area contributed by atoms with Gasteiger partial charge in [0.2, 0.25) is 0 Å².